The van der Waals surface area contributed by atoms with Gasteiger partial charge in [-0.3, -0.25) is 14.4 Å². The molecule has 0 fully saturated rings. The molecule has 0 spiro atoms. The minimum Gasteiger partial charge on any atom is -0.326 e. The maximum atomic E-state index is 13.2. The number of hydrogen-bond donors (Lipinski definition) is 1. The van der Waals surface area contributed by atoms with Crippen molar-refractivity contribution in [2.45, 2.75) is 11.8 Å². The molecule has 1 aromatic heterocycles. The average molecular weight is 420 g/mol. The highest BCUT2D eigenvalue weighted by atomic mass is 32.2. The van der Waals surface area contributed by atoms with Crippen molar-refractivity contribution < 1.29 is 22.8 Å². The first-order valence-corrected chi connectivity index (χ1v) is 10.4. The van der Waals surface area contributed by atoms with E-state index in [2.05, 4.69) is 5.32 Å². The Hall–Kier alpha value is -3.78. The molecule has 0 saturated heterocycles. The van der Waals surface area contributed by atoms with E-state index < -0.39 is 21.6 Å². The highest BCUT2D eigenvalue weighted by molar-refractivity contribution is 7.90. The Morgan fingerprint density at radius 2 is 1.60 bits per heavy atom. The number of carbonyl (C=O) groups excluding carboxylic acids is 3. The number of rotatable bonds is 4. The summed E-state index contributed by atoms with van der Waals surface area (Å²) >= 11 is 0. The van der Waals surface area contributed by atoms with Crippen molar-refractivity contribution in [1.82, 2.24) is 3.97 Å². The van der Waals surface area contributed by atoms with E-state index in [4.69, 9.17) is 0 Å². The molecular weight excluding hydrogens is 404 g/mol. The normalized spacial score (nSPS) is 13.2. The standard InChI is InChI=1S/C22H16N2O5S/c1-14(25)23-16-9-7-15(8-10-16)18-13-24(19-11-12-20(26)22(27)21(18)19)30(28,29)17-5-3-2-4-6-17/h2-13H,1H3,(H,23,25). The van der Waals surface area contributed by atoms with Crippen LogP contribution in [0.3, 0.4) is 0 Å². The number of Topliss-reactive ketones (excluding diaryl/α,β-unsaturated/α-hetero) is 1. The number of hydrogen-bond acceptors (Lipinski definition) is 5. The lowest BCUT2D eigenvalue weighted by Crippen LogP contribution is -2.19. The van der Waals surface area contributed by atoms with Crippen LogP contribution in [-0.2, 0) is 19.6 Å². The third kappa shape index (κ3) is 3.27. The van der Waals surface area contributed by atoms with Crippen LogP contribution in [0.1, 0.15) is 23.0 Å². The summed E-state index contributed by atoms with van der Waals surface area (Å²) in [5, 5.41) is 2.64. The molecule has 0 radical (unpaired) electrons. The second-order valence-corrected chi connectivity index (χ2v) is 8.52. The summed E-state index contributed by atoms with van der Waals surface area (Å²) in [7, 11) is -3.99. The van der Waals surface area contributed by atoms with Gasteiger partial charge in [0.25, 0.3) is 10.0 Å². The molecule has 1 amide bonds. The molecule has 150 valence electrons. The van der Waals surface area contributed by atoms with E-state index >= 15 is 0 Å². The number of allylic oxidation sites excluding steroid dienone is 1. The molecule has 7 nitrogen and oxygen atoms in total. The number of aromatic nitrogens is 1. The number of carbonyl (C=O) groups is 3. The number of nitrogens with zero attached hydrogens (tertiary/aromatic N) is 1. The van der Waals surface area contributed by atoms with Crippen LogP contribution in [0.25, 0.3) is 17.2 Å². The van der Waals surface area contributed by atoms with Crippen molar-refractivity contribution in [3.63, 3.8) is 0 Å². The predicted molar refractivity (Wildman–Crippen MR) is 112 cm³/mol. The maximum Gasteiger partial charge on any atom is 0.268 e. The topological polar surface area (TPSA) is 102 Å². The number of ketones is 2. The average Bonchev–Trinajstić information content (AvgIpc) is 3.13. The molecular formula is C22H16N2O5S. The predicted octanol–water partition coefficient (Wildman–Crippen LogP) is 3.13. The van der Waals surface area contributed by atoms with Crippen LogP contribution in [-0.4, -0.2) is 29.9 Å². The molecule has 0 atom stereocenters. The van der Waals surface area contributed by atoms with Crippen molar-refractivity contribution >= 4 is 39.3 Å². The lowest BCUT2D eigenvalue weighted by atomic mass is 9.94. The Morgan fingerprint density at radius 3 is 2.23 bits per heavy atom. The van der Waals surface area contributed by atoms with Gasteiger partial charge in [-0.25, -0.2) is 12.4 Å². The summed E-state index contributed by atoms with van der Waals surface area (Å²) in [4.78, 5) is 35.9. The molecule has 1 aliphatic rings. The molecule has 4 rings (SSSR count). The fraction of sp³-hybridized carbons (Fsp3) is 0.0455. The van der Waals surface area contributed by atoms with Gasteiger partial charge in [0.2, 0.25) is 17.5 Å². The van der Waals surface area contributed by atoms with E-state index in [-0.39, 0.29) is 22.1 Å². The fourth-order valence-corrected chi connectivity index (χ4v) is 4.69. The lowest BCUT2D eigenvalue weighted by Gasteiger charge is -2.11. The van der Waals surface area contributed by atoms with Crippen molar-refractivity contribution in [1.29, 1.82) is 0 Å². The van der Waals surface area contributed by atoms with Crippen molar-refractivity contribution in [2.24, 2.45) is 0 Å². The van der Waals surface area contributed by atoms with Gasteiger partial charge < -0.3 is 5.32 Å². The Labute approximate surface area is 172 Å². The van der Waals surface area contributed by atoms with Crippen LogP contribution in [0.15, 0.2) is 71.8 Å². The Bertz CT molecular complexity index is 1320. The monoisotopic (exact) mass is 420 g/mol. The van der Waals surface area contributed by atoms with E-state index in [1.54, 1.807) is 42.5 Å². The highest BCUT2D eigenvalue weighted by Crippen LogP contribution is 2.34. The van der Waals surface area contributed by atoms with Crippen molar-refractivity contribution in [3.8, 4) is 11.1 Å². The number of fused-ring (bicyclic) bond motifs is 1. The van der Waals surface area contributed by atoms with Crippen LogP contribution in [0.2, 0.25) is 0 Å². The molecule has 1 N–H and O–H groups in total. The Morgan fingerprint density at radius 1 is 0.933 bits per heavy atom. The minimum atomic E-state index is -3.99. The minimum absolute atomic E-state index is 0.0364. The summed E-state index contributed by atoms with van der Waals surface area (Å²) in [5.74, 6) is -1.71. The zero-order valence-electron chi connectivity index (χ0n) is 15.8. The third-order valence-corrected chi connectivity index (χ3v) is 6.36. The molecule has 1 heterocycles. The number of nitrogens with one attached hydrogen (secondary N) is 1. The van der Waals surface area contributed by atoms with Gasteiger partial charge in [0.15, 0.2) is 0 Å². The van der Waals surface area contributed by atoms with E-state index in [1.807, 2.05) is 0 Å². The molecule has 3 aromatic rings. The summed E-state index contributed by atoms with van der Waals surface area (Å²) in [5.41, 5.74) is 1.58. The summed E-state index contributed by atoms with van der Waals surface area (Å²) < 4.78 is 27.4. The van der Waals surface area contributed by atoms with E-state index in [9.17, 15) is 22.8 Å². The highest BCUT2D eigenvalue weighted by Gasteiger charge is 2.32. The van der Waals surface area contributed by atoms with E-state index in [0.29, 0.717) is 16.8 Å². The van der Waals surface area contributed by atoms with Crippen LogP contribution >= 0.6 is 0 Å². The van der Waals surface area contributed by atoms with Crippen LogP contribution in [0.4, 0.5) is 5.69 Å². The quantitative estimate of drug-likeness (QED) is 0.654. The maximum absolute atomic E-state index is 13.2. The number of benzene rings is 2. The van der Waals surface area contributed by atoms with Crippen LogP contribution in [0.5, 0.6) is 0 Å². The number of anilines is 1. The Balaban J connectivity index is 1.91. The van der Waals surface area contributed by atoms with Gasteiger partial charge in [-0.2, -0.15) is 0 Å². The smallest absolute Gasteiger partial charge is 0.268 e. The zero-order chi connectivity index (χ0) is 21.5. The van der Waals surface area contributed by atoms with Gasteiger partial charge in [0, 0.05) is 24.4 Å². The summed E-state index contributed by atoms with van der Waals surface area (Å²) in [6.07, 6.45) is 3.77. The van der Waals surface area contributed by atoms with Crippen LogP contribution < -0.4 is 5.32 Å². The van der Waals surface area contributed by atoms with Gasteiger partial charge in [-0.1, -0.05) is 30.3 Å². The summed E-state index contributed by atoms with van der Waals surface area (Å²) in [6, 6.07) is 14.4. The lowest BCUT2D eigenvalue weighted by molar-refractivity contribution is -0.114. The van der Waals surface area contributed by atoms with Gasteiger partial charge >= 0.3 is 0 Å². The summed E-state index contributed by atoms with van der Waals surface area (Å²) in [6.45, 7) is 1.38. The van der Waals surface area contributed by atoms with Crippen LogP contribution in [0, 0.1) is 0 Å². The molecule has 0 bridgehead atoms. The molecule has 30 heavy (non-hydrogen) atoms. The van der Waals surface area contributed by atoms with E-state index in [0.717, 1.165) is 10.0 Å². The van der Waals surface area contributed by atoms with Gasteiger partial charge in [-0.15, -0.1) is 0 Å². The second-order valence-electron chi connectivity index (χ2n) is 6.70. The van der Waals surface area contributed by atoms with Crippen molar-refractivity contribution in [3.05, 3.63) is 78.1 Å². The zero-order valence-corrected chi connectivity index (χ0v) is 16.6. The number of amides is 1. The molecule has 8 heteroatoms. The first kappa shape index (κ1) is 19.5. The van der Waals surface area contributed by atoms with E-state index in [1.165, 1.54) is 31.3 Å². The molecule has 1 aliphatic carbocycles. The fourth-order valence-electron chi connectivity index (χ4n) is 3.31. The molecule has 2 aromatic carbocycles. The second kappa shape index (κ2) is 7.23. The first-order valence-electron chi connectivity index (χ1n) is 9.00. The van der Waals surface area contributed by atoms with Gasteiger partial charge in [0.1, 0.15) is 0 Å². The molecule has 0 unspecified atom stereocenters. The molecule has 0 aliphatic heterocycles. The van der Waals surface area contributed by atoms with Gasteiger partial charge in [-0.05, 0) is 42.0 Å². The first-order chi connectivity index (χ1) is 14.3. The largest absolute Gasteiger partial charge is 0.326 e. The Kier molecular flexibility index (Phi) is 4.71. The molecule has 0 saturated carbocycles. The third-order valence-electron chi connectivity index (χ3n) is 4.67. The SMILES string of the molecule is CC(=O)Nc1ccc(-c2cn(S(=O)(=O)c3ccccc3)c3c2C(=O)C(=O)C=C3)cc1. The van der Waals surface area contributed by atoms with Crippen molar-refractivity contribution in [2.75, 3.05) is 5.32 Å². The van der Waals surface area contributed by atoms with Gasteiger partial charge in [0.05, 0.1) is 16.2 Å².